The van der Waals surface area contributed by atoms with Gasteiger partial charge in [-0.1, -0.05) is 0 Å². The number of rotatable bonds is 3. The predicted octanol–water partition coefficient (Wildman–Crippen LogP) is 0.927. The molecule has 1 aliphatic rings. The zero-order valence-corrected chi connectivity index (χ0v) is 11.9. The van der Waals surface area contributed by atoms with Gasteiger partial charge in [-0.3, -0.25) is 4.68 Å². The molecule has 1 unspecified atom stereocenters. The molecule has 0 saturated carbocycles. The number of nitrogens with one attached hydrogen (secondary N) is 1. The van der Waals surface area contributed by atoms with Gasteiger partial charge < -0.3 is 15.3 Å². The van der Waals surface area contributed by atoms with E-state index in [4.69, 9.17) is 0 Å². The van der Waals surface area contributed by atoms with Gasteiger partial charge in [-0.25, -0.2) is 9.37 Å². The normalized spacial score (nSPS) is 15.7. The van der Waals surface area contributed by atoms with Crippen LogP contribution >= 0.6 is 0 Å². The molecule has 3 heterocycles. The number of fused-ring (bicyclic) bond motifs is 1. The molecule has 2 aromatic heterocycles. The standard InChI is InChI=1S/C13H17FN6O/c1-8(21)11-5-9-7-19(3-4-20(9)18-11)13-16-6-10(14)12(15-2)17-13/h5-6,8,21H,3-4,7H2,1-2H3,(H,15,16,17). The Labute approximate surface area is 121 Å². The smallest absolute Gasteiger partial charge is 0.227 e. The van der Waals surface area contributed by atoms with Gasteiger partial charge in [-0.15, -0.1) is 0 Å². The van der Waals surface area contributed by atoms with Crippen molar-refractivity contribution >= 4 is 11.8 Å². The fourth-order valence-corrected chi connectivity index (χ4v) is 2.35. The molecule has 0 fully saturated rings. The van der Waals surface area contributed by atoms with Crippen LogP contribution in [0.25, 0.3) is 0 Å². The molecule has 0 radical (unpaired) electrons. The van der Waals surface area contributed by atoms with Crippen molar-refractivity contribution in [3.63, 3.8) is 0 Å². The van der Waals surface area contributed by atoms with Crippen LogP contribution in [-0.2, 0) is 13.1 Å². The molecule has 7 nitrogen and oxygen atoms in total. The molecular formula is C13H17FN6O. The predicted molar refractivity (Wildman–Crippen MR) is 75.4 cm³/mol. The Hall–Kier alpha value is -2.22. The van der Waals surface area contributed by atoms with Crippen molar-refractivity contribution in [1.29, 1.82) is 0 Å². The second kappa shape index (κ2) is 5.28. The van der Waals surface area contributed by atoms with Gasteiger partial charge in [0.15, 0.2) is 11.6 Å². The average molecular weight is 292 g/mol. The summed E-state index contributed by atoms with van der Waals surface area (Å²) in [7, 11) is 1.62. The minimum Gasteiger partial charge on any atom is -0.387 e. The van der Waals surface area contributed by atoms with Crippen molar-refractivity contribution < 1.29 is 9.50 Å². The maximum atomic E-state index is 13.4. The summed E-state index contributed by atoms with van der Waals surface area (Å²) in [5.41, 5.74) is 1.64. The number of hydrogen-bond acceptors (Lipinski definition) is 6. The summed E-state index contributed by atoms with van der Waals surface area (Å²) in [6.45, 7) is 3.63. The molecule has 3 rings (SSSR count). The molecule has 21 heavy (non-hydrogen) atoms. The van der Waals surface area contributed by atoms with Gasteiger partial charge in [0, 0.05) is 13.6 Å². The van der Waals surface area contributed by atoms with Crippen molar-refractivity contribution in [2.24, 2.45) is 0 Å². The molecule has 0 bridgehead atoms. The van der Waals surface area contributed by atoms with Crippen LogP contribution in [0.1, 0.15) is 24.4 Å². The Morgan fingerprint density at radius 2 is 2.24 bits per heavy atom. The lowest BCUT2D eigenvalue weighted by atomic mass is 10.2. The molecule has 1 aliphatic heterocycles. The van der Waals surface area contributed by atoms with Gasteiger partial charge in [0.05, 0.1) is 36.8 Å². The van der Waals surface area contributed by atoms with E-state index >= 15 is 0 Å². The Balaban J connectivity index is 1.85. The zero-order chi connectivity index (χ0) is 15.0. The summed E-state index contributed by atoms with van der Waals surface area (Å²) in [6.07, 6.45) is 0.580. The molecule has 2 N–H and O–H groups in total. The fraction of sp³-hybridized carbons (Fsp3) is 0.462. The molecular weight excluding hydrogens is 275 g/mol. The summed E-state index contributed by atoms with van der Waals surface area (Å²) in [5.74, 6) is 0.190. The first-order chi connectivity index (χ1) is 10.1. The molecule has 0 aliphatic carbocycles. The SMILES string of the molecule is CNc1nc(N2CCn3nc(C(C)O)cc3C2)ncc1F. The van der Waals surface area contributed by atoms with Crippen LogP contribution in [0.5, 0.6) is 0 Å². The van der Waals surface area contributed by atoms with E-state index in [0.717, 1.165) is 5.69 Å². The quantitative estimate of drug-likeness (QED) is 0.876. The Morgan fingerprint density at radius 3 is 2.95 bits per heavy atom. The second-order valence-corrected chi connectivity index (χ2v) is 5.00. The molecule has 2 aromatic rings. The van der Waals surface area contributed by atoms with Crippen LogP contribution in [0.4, 0.5) is 16.2 Å². The molecule has 0 spiro atoms. The highest BCUT2D eigenvalue weighted by molar-refractivity contribution is 5.42. The number of anilines is 2. The number of halogens is 1. The van der Waals surface area contributed by atoms with Crippen LogP contribution in [-0.4, -0.2) is 38.4 Å². The molecule has 0 amide bonds. The van der Waals surface area contributed by atoms with Crippen molar-refractivity contribution in [2.75, 3.05) is 23.8 Å². The van der Waals surface area contributed by atoms with Gasteiger partial charge in [0.1, 0.15) is 0 Å². The topological polar surface area (TPSA) is 79.1 Å². The van der Waals surface area contributed by atoms with E-state index in [0.29, 0.717) is 31.3 Å². The first kappa shape index (κ1) is 13.7. The van der Waals surface area contributed by atoms with Crippen molar-refractivity contribution in [2.45, 2.75) is 26.1 Å². The average Bonchev–Trinajstić information content (AvgIpc) is 2.91. The minimum atomic E-state index is -0.588. The molecule has 1 atom stereocenters. The molecule has 0 saturated heterocycles. The van der Waals surface area contributed by atoms with Gasteiger partial charge in [-0.2, -0.15) is 10.1 Å². The van der Waals surface area contributed by atoms with Gasteiger partial charge >= 0.3 is 0 Å². The molecule has 112 valence electrons. The number of nitrogens with zero attached hydrogens (tertiary/aromatic N) is 5. The van der Waals surface area contributed by atoms with E-state index in [1.807, 2.05) is 15.6 Å². The third-order valence-corrected chi connectivity index (χ3v) is 3.50. The van der Waals surface area contributed by atoms with E-state index in [1.165, 1.54) is 6.20 Å². The van der Waals surface area contributed by atoms with Gasteiger partial charge in [0.25, 0.3) is 0 Å². The number of aliphatic hydroxyl groups is 1. The molecule has 8 heteroatoms. The maximum absolute atomic E-state index is 13.4. The van der Waals surface area contributed by atoms with Crippen molar-refractivity contribution in [3.8, 4) is 0 Å². The lowest BCUT2D eigenvalue weighted by molar-refractivity contribution is 0.193. The van der Waals surface area contributed by atoms with Gasteiger partial charge in [-0.05, 0) is 13.0 Å². The summed E-state index contributed by atoms with van der Waals surface area (Å²) in [6, 6.07) is 1.87. The summed E-state index contributed by atoms with van der Waals surface area (Å²) < 4.78 is 15.3. The van der Waals surface area contributed by atoms with Crippen molar-refractivity contribution in [3.05, 3.63) is 29.5 Å². The van der Waals surface area contributed by atoms with Crippen LogP contribution in [0.2, 0.25) is 0 Å². The lowest BCUT2D eigenvalue weighted by Crippen LogP contribution is -2.35. The lowest BCUT2D eigenvalue weighted by Gasteiger charge is -2.27. The third kappa shape index (κ3) is 2.54. The minimum absolute atomic E-state index is 0.184. The maximum Gasteiger partial charge on any atom is 0.227 e. The van der Waals surface area contributed by atoms with E-state index in [2.05, 4.69) is 20.4 Å². The monoisotopic (exact) mass is 292 g/mol. The second-order valence-electron chi connectivity index (χ2n) is 5.00. The van der Waals surface area contributed by atoms with Crippen molar-refractivity contribution in [1.82, 2.24) is 19.7 Å². The Kier molecular flexibility index (Phi) is 3.46. The number of hydrogen-bond donors (Lipinski definition) is 2. The largest absolute Gasteiger partial charge is 0.387 e. The highest BCUT2D eigenvalue weighted by Crippen LogP contribution is 2.22. The van der Waals surface area contributed by atoms with E-state index < -0.39 is 11.9 Å². The molecule has 0 aromatic carbocycles. The van der Waals surface area contributed by atoms with Crippen LogP contribution in [0, 0.1) is 5.82 Å². The van der Waals surface area contributed by atoms with Crippen LogP contribution in [0.15, 0.2) is 12.3 Å². The first-order valence-electron chi connectivity index (χ1n) is 6.78. The highest BCUT2D eigenvalue weighted by Gasteiger charge is 2.22. The van der Waals surface area contributed by atoms with Gasteiger partial charge in [0.2, 0.25) is 5.95 Å². The Morgan fingerprint density at radius 1 is 1.43 bits per heavy atom. The highest BCUT2D eigenvalue weighted by atomic mass is 19.1. The van der Waals surface area contributed by atoms with E-state index in [1.54, 1.807) is 14.0 Å². The third-order valence-electron chi connectivity index (χ3n) is 3.50. The number of aliphatic hydroxyl groups excluding tert-OH is 1. The zero-order valence-electron chi connectivity index (χ0n) is 11.9. The first-order valence-corrected chi connectivity index (χ1v) is 6.78. The van der Waals surface area contributed by atoms with E-state index in [-0.39, 0.29) is 5.82 Å². The summed E-state index contributed by atoms with van der Waals surface area (Å²) >= 11 is 0. The van der Waals surface area contributed by atoms with Crippen LogP contribution in [0.3, 0.4) is 0 Å². The number of aromatic nitrogens is 4. The Bertz CT molecular complexity index is 656. The summed E-state index contributed by atoms with van der Waals surface area (Å²) in [5, 5.41) is 16.7. The van der Waals surface area contributed by atoms with E-state index in [9.17, 15) is 9.50 Å². The van der Waals surface area contributed by atoms with Crippen LogP contribution < -0.4 is 10.2 Å². The fourth-order valence-electron chi connectivity index (χ4n) is 2.35. The summed E-state index contributed by atoms with van der Waals surface area (Å²) in [4.78, 5) is 10.2.